The lowest BCUT2D eigenvalue weighted by Crippen LogP contribution is -2.36. The smallest absolute Gasteiger partial charge is 0.139 e. The van der Waals surface area contributed by atoms with Crippen LogP contribution in [0.25, 0.3) is 0 Å². The second-order valence-electron chi connectivity index (χ2n) is 2.67. The van der Waals surface area contributed by atoms with E-state index in [4.69, 9.17) is 4.74 Å². The minimum Gasteiger partial charge on any atom is -0.486 e. The van der Waals surface area contributed by atoms with Crippen molar-refractivity contribution < 1.29 is 4.74 Å². The largest absolute Gasteiger partial charge is 0.486 e. The Morgan fingerprint density at radius 2 is 2.60 bits per heavy atom. The molecule has 0 fully saturated rings. The molecule has 1 heterocycles. The van der Waals surface area contributed by atoms with Gasteiger partial charge in [0.2, 0.25) is 0 Å². The van der Waals surface area contributed by atoms with Crippen LogP contribution in [0.1, 0.15) is 12.8 Å². The molecule has 1 aliphatic heterocycles. The van der Waals surface area contributed by atoms with Crippen molar-refractivity contribution in [2.45, 2.75) is 18.9 Å². The van der Waals surface area contributed by atoms with Crippen LogP contribution in [-0.2, 0) is 4.74 Å². The third-order valence-electron chi connectivity index (χ3n) is 1.97. The molecule has 0 aromatic heterocycles. The molecule has 0 aromatic carbocycles. The fourth-order valence-corrected chi connectivity index (χ4v) is 1.39. The van der Waals surface area contributed by atoms with Gasteiger partial charge in [0.25, 0.3) is 0 Å². The highest BCUT2D eigenvalue weighted by molar-refractivity contribution is 5.26. The highest BCUT2D eigenvalue weighted by Gasteiger charge is 2.17. The van der Waals surface area contributed by atoms with E-state index in [0.717, 1.165) is 0 Å². The number of fused-ring (bicyclic) bond motifs is 1. The van der Waals surface area contributed by atoms with Crippen LogP contribution in [0.3, 0.4) is 0 Å². The van der Waals surface area contributed by atoms with Crippen molar-refractivity contribution in [2.24, 2.45) is 0 Å². The minimum atomic E-state index is 0.554. The Morgan fingerprint density at radius 3 is 3.50 bits per heavy atom. The molecule has 0 bridgehead atoms. The van der Waals surface area contributed by atoms with Crippen molar-refractivity contribution in [1.29, 1.82) is 0 Å². The fraction of sp³-hybridized carbons (Fsp3) is 0.500. The van der Waals surface area contributed by atoms with E-state index in [-0.39, 0.29) is 0 Å². The summed E-state index contributed by atoms with van der Waals surface area (Å²) in [6.45, 7) is 0.669. The first-order chi connectivity index (χ1) is 4.97. The topological polar surface area (TPSA) is 21.3 Å². The van der Waals surface area contributed by atoms with Gasteiger partial charge in [-0.2, -0.15) is 0 Å². The maximum atomic E-state index is 5.11. The molecular weight excluding hydrogens is 126 g/mol. The number of nitrogens with one attached hydrogen (secondary N) is 1. The van der Waals surface area contributed by atoms with Crippen molar-refractivity contribution in [3.05, 3.63) is 24.0 Å². The second-order valence-corrected chi connectivity index (χ2v) is 2.67. The molecule has 2 aliphatic rings. The zero-order valence-corrected chi connectivity index (χ0v) is 5.84. The third kappa shape index (κ3) is 0.948. The van der Waals surface area contributed by atoms with Crippen LogP contribution in [-0.4, -0.2) is 12.8 Å². The van der Waals surface area contributed by atoms with E-state index in [0.29, 0.717) is 12.8 Å². The Hall–Kier alpha value is -0.760. The van der Waals surface area contributed by atoms with Gasteiger partial charge in [-0.25, -0.2) is 0 Å². The van der Waals surface area contributed by atoms with Crippen LogP contribution in [0.5, 0.6) is 0 Å². The van der Waals surface area contributed by atoms with Crippen LogP contribution in [0, 0.1) is 0 Å². The van der Waals surface area contributed by atoms with E-state index in [1.807, 2.05) is 6.26 Å². The maximum Gasteiger partial charge on any atom is 0.139 e. The van der Waals surface area contributed by atoms with Gasteiger partial charge in [-0.15, -0.1) is 0 Å². The van der Waals surface area contributed by atoms with Crippen LogP contribution in [0.2, 0.25) is 0 Å². The number of rotatable bonds is 0. The molecule has 2 heteroatoms. The van der Waals surface area contributed by atoms with Crippen molar-refractivity contribution in [3.8, 4) is 0 Å². The molecule has 10 heavy (non-hydrogen) atoms. The van der Waals surface area contributed by atoms with Crippen LogP contribution < -0.4 is 5.32 Å². The van der Waals surface area contributed by atoms with Gasteiger partial charge in [0, 0.05) is 11.6 Å². The van der Waals surface area contributed by atoms with Crippen molar-refractivity contribution >= 4 is 0 Å². The van der Waals surface area contributed by atoms with E-state index in [2.05, 4.69) is 17.5 Å². The molecule has 2 nitrogen and oxygen atoms in total. The van der Waals surface area contributed by atoms with E-state index in [9.17, 15) is 0 Å². The number of allylic oxidation sites excluding steroid dienone is 1. The predicted molar refractivity (Wildman–Crippen MR) is 39.3 cm³/mol. The molecule has 0 radical (unpaired) electrons. The molecule has 1 atom stereocenters. The number of ether oxygens (including phenoxy) is 1. The monoisotopic (exact) mass is 137 g/mol. The highest BCUT2D eigenvalue weighted by Crippen LogP contribution is 2.18. The molecule has 0 amide bonds. The van der Waals surface area contributed by atoms with Gasteiger partial charge in [0.15, 0.2) is 0 Å². The third-order valence-corrected chi connectivity index (χ3v) is 1.97. The minimum absolute atomic E-state index is 0.554. The normalized spacial score (nSPS) is 30.4. The first-order valence-electron chi connectivity index (χ1n) is 3.68. The summed E-state index contributed by atoms with van der Waals surface area (Å²) in [5.41, 5.74) is 1.29. The van der Waals surface area contributed by atoms with Gasteiger partial charge in [-0.05, 0) is 12.8 Å². The molecule has 1 unspecified atom stereocenters. The summed E-state index contributed by atoms with van der Waals surface area (Å²) in [7, 11) is 0. The lowest BCUT2D eigenvalue weighted by atomic mass is 9.97. The first-order valence-corrected chi connectivity index (χ1v) is 3.68. The van der Waals surface area contributed by atoms with Crippen molar-refractivity contribution in [2.75, 3.05) is 6.73 Å². The molecular formula is C8H11NO. The van der Waals surface area contributed by atoms with Gasteiger partial charge in [0.05, 0.1) is 6.26 Å². The predicted octanol–water partition coefficient (Wildman–Crippen LogP) is 1.17. The molecule has 1 N–H and O–H groups in total. The summed E-state index contributed by atoms with van der Waals surface area (Å²) in [5.74, 6) is 0. The van der Waals surface area contributed by atoms with Gasteiger partial charge in [-0.1, -0.05) is 12.2 Å². The summed E-state index contributed by atoms with van der Waals surface area (Å²) in [6.07, 6.45) is 8.59. The summed E-state index contributed by atoms with van der Waals surface area (Å²) >= 11 is 0. The summed E-state index contributed by atoms with van der Waals surface area (Å²) in [6, 6.07) is 0.554. The average Bonchev–Trinajstić information content (AvgIpc) is 2.05. The zero-order chi connectivity index (χ0) is 6.81. The van der Waals surface area contributed by atoms with Crippen LogP contribution in [0.15, 0.2) is 24.0 Å². The van der Waals surface area contributed by atoms with E-state index in [1.54, 1.807) is 0 Å². The number of hydrogen-bond donors (Lipinski definition) is 1. The van der Waals surface area contributed by atoms with Gasteiger partial charge in [0.1, 0.15) is 6.73 Å². The van der Waals surface area contributed by atoms with E-state index < -0.39 is 0 Å². The Morgan fingerprint density at radius 1 is 1.60 bits per heavy atom. The Kier molecular flexibility index (Phi) is 1.47. The zero-order valence-electron chi connectivity index (χ0n) is 5.84. The van der Waals surface area contributed by atoms with Crippen molar-refractivity contribution in [1.82, 2.24) is 5.32 Å². The lowest BCUT2D eigenvalue weighted by Gasteiger charge is -2.25. The van der Waals surface area contributed by atoms with Crippen molar-refractivity contribution in [3.63, 3.8) is 0 Å². The average molecular weight is 137 g/mol. The molecule has 0 aromatic rings. The van der Waals surface area contributed by atoms with Gasteiger partial charge < -0.3 is 4.74 Å². The number of hydrogen-bond acceptors (Lipinski definition) is 2. The van der Waals surface area contributed by atoms with Crippen LogP contribution >= 0.6 is 0 Å². The highest BCUT2D eigenvalue weighted by atomic mass is 16.5. The summed E-state index contributed by atoms with van der Waals surface area (Å²) in [4.78, 5) is 0. The molecule has 54 valence electrons. The quantitative estimate of drug-likeness (QED) is 0.541. The van der Waals surface area contributed by atoms with Gasteiger partial charge >= 0.3 is 0 Å². The lowest BCUT2D eigenvalue weighted by molar-refractivity contribution is 0.185. The molecule has 0 spiro atoms. The first kappa shape index (κ1) is 5.98. The SMILES string of the molecule is C1=CC2=COCNC2CC1. The van der Waals surface area contributed by atoms with E-state index in [1.165, 1.54) is 18.4 Å². The maximum absolute atomic E-state index is 5.11. The standard InChI is InChI=1S/C8H11NO/c1-2-4-8-7(3-1)5-10-6-9-8/h1,3,5,8-9H,2,4,6H2. The molecule has 0 saturated heterocycles. The fourth-order valence-electron chi connectivity index (χ4n) is 1.39. The molecule has 2 rings (SSSR count). The Labute approximate surface area is 60.6 Å². The Bertz CT molecular complexity index is 184. The van der Waals surface area contributed by atoms with E-state index >= 15 is 0 Å². The molecule has 0 saturated carbocycles. The Balaban J connectivity index is 2.21. The van der Waals surface area contributed by atoms with Crippen LogP contribution in [0.4, 0.5) is 0 Å². The molecule has 1 aliphatic carbocycles. The summed E-state index contributed by atoms with van der Waals surface area (Å²) < 4.78 is 5.11. The second kappa shape index (κ2) is 2.46. The van der Waals surface area contributed by atoms with Gasteiger partial charge in [-0.3, -0.25) is 5.32 Å². The summed E-state index contributed by atoms with van der Waals surface area (Å²) in [5, 5.41) is 3.28.